The predicted octanol–water partition coefficient (Wildman–Crippen LogP) is 11.8. The van der Waals surface area contributed by atoms with Gasteiger partial charge < -0.3 is 24.7 Å². The Morgan fingerprint density at radius 3 is 1.15 bits per heavy atom. The molecule has 1 aliphatic rings. The number of fused-ring (bicyclic) bond motifs is 5. The molecule has 0 atom stereocenters. The first-order chi connectivity index (χ1) is 23.0. The van der Waals surface area contributed by atoms with Gasteiger partial charge in [-0.3, -0.25) is 9.11 Å². The van der Waals surface area contributed by atoms with Gasteiger partial charge in [0.1, 0.15) is 5.60 Å². The monoisotopic (exact) mass is 1070 g/mol. The van der Waals surface area contributed by atoms with E-state index in [1.54, 1.807) is 26.0 Å². The number of methoxy groups -OCH3 is 1. The number of halogens is 1. The fourth-order valence-corrected chi connectivity index (χ4v) is 4.73. The number of ether oxygens (including phenoxy) is 1. The Bertz CT molecular complexity index is 1610. The van der Waals surface area contributed by atoms with Crippen LogP contribution in [0.2, 0.25) is 0 Å². The maximum atomic E-state index is 12.2. The molecule has 0 amide bonds. The Hall–Kier alpha value is 0.0317. The van der Waals surface area contributed by atoms with Crippen LogP contribution in [0.3, 0.4) is 0 Å². The number of hydrogen-bond donors (Lipinski definition) is 3. The zero-order chi connectivity index (χ0) is 36.6. The first-order valence-corrected chi connectivity index (χ1v) is 19.0. The SMILES string of the molecule is Brc1[c-]cccc1.C.CC.CC.COC.CSC.O=S(=O)(O)O.OC1(c2[c-]cccc2)c2ccccc2-c2ccccc2-c2ccccc21.[CH3-].[CH3-].[Y].[Y].[Y]. The van der Waals surface area contributed by atoms with Gasteiger partial charge in [0.2, 0.25) is 0 Å². The van der Waals surface area contributed by atoms with Gasteiger partial charge in [0.15, 0.2) is 0 Å². The van der Waals surface area contributed by atoms with Crippen LogP contribution in [-0.2, 0) is 119 Å². The van der Waals surface area contributed by atoms with Crippen molar-refractivity contribution in [2.75, 3.05) is 26.7 Å². The Labute approximate surface area is 417 Å². The molecule has 3 N–H and O–H groups in total. The minimum atomic E-state index is -4.67. The smallest absolute Gasteiger partial charge is 0.388 e. The Morgan fingerprint density at radius 1 is 0.611 bits per heavy atom. The van der Waals surface area contributed by atoms with Gasteiger partial charge in [-0.25, -0.2) is 0 Å². The molecule has 0 spiro atoms. The average molecular weight is 1070 g/mol. The third-order valence-electron chi connectivity index (χ3n) is 5.91. The van der Waals surface area contributed by atoms with E-state index in [1.165, 1.54) is 0 Å². The summed E-state index contributed by atoms with van der Waals surface area (Å²) in [5, 5.41) is 12.2. The summed E-state index contributed by atoms with van der Waals surface area (Å²) >= 11 is 5.01. The van der Waals surface area contributed by atoms with Gasteiger partial charge in [0, 0.05) is 112 Å². The molecular formula is C42H57BrO6S2Y3-4. The molecule has 54 heavy (non-hydrogen) atoms. The van der Waals surface area contributed by atoms with E-state index < -0.39 is 16.0 Å². The minimum absolute atomic E-state index is 0. The van der Waals surface area contributed by atoms with Crippen molar-refractivity contribution in [3.8, 4) is 22.3 Å². The molecule has 6 rings (SSSR count). The van der Waals surface area contributed by atoms with Crippen molar-refractivity contribution in [3.05, 3.63) is 169 Å². The van der Waals surface area contributed by atoms with E-state index >= 15 is 0 Å². The molecule has 293 valence electrons. The molecule has 0 saturated heterocycles. The van der Waals surface area contributed by atoms with Gasteiger partial charge in [-0.1, -0.05) is 128 Å². The first-order valence-electron chi connectivity index (χ1n) is 15.1. The van der Waals surface area contributed by atoms with Crippen LogP contribution in [0.1, 0.15) is 51.8 Å². The molecule has 1 aliphatic carbocycles. The molecule has 0 aromatic heterocycles. The van der Waals surface area contributed by atoms with Crippen molar-refractivity contribution < 1.29 is 125 Å². The maximum Gasteiger partial charge on any atom is 0.394 e. The number of rotatable bonds is 1. The minimum Gasteiger partial charge on any atom is -0.388 e. The summed E-state index contributed by atoms with van der Waals surface area (Å²) in [6.45, 7) is 8.00. The Kier molecular flexibility index (Phi) is 50.7. The van der Waals surface area contributed by atoms with Crippen LogP contribution < -0.4 is 0 Å². The molecule has 5 aromatic carbocycles. The van der Waals surface area contributed by atoms with E-state index in [2.05, 4.69) is 69.2 Å². The van der Waals surface area contributed by atoms with E-state index in [0.29, 0.717) is 0 Å². The van der Waals surface area contributed by atoms with Gasteiger partial charge in [-0.2, -0.15) is 80.8 Å². The van der Waals surface area contributed by atoms with Crippen LogP contribution in [0.5, 0.6) is 0 Å². The van der Waals surface area contributed by atoms with Crippen molar-refractivity contribution in [3.63, 3.8) is 0 Å². The number of thioether (sulfide) groups is 1. The van der Waals surface area contributed by atoms with Crippen LogP contribution >= 0.6 is 27.7 Å². The first kappa shape index (κ1) is 68.7. The van der Waals surface area contributed by atoms with Crippen LogP contribution in [0.25, 0.3) is 22.3 Å². The second kappa shape index (κ2) is 39.8. The second-order valence-electron chi connectivity index (χ2n) is 9.10. The van der Waals surface area contributed by atoms with Gasteiger partial charge in [0.05, 0.1) is 0 Å². The maximum absolute atomic E-state index is 12.2. The van der Waals surface area contributed by atoms with Crippen molar-refractivity contribution in [1.82, 2.24) is 0 Å². The summed E-state index contributed by atoms with van der Waals surface area (Å²) in [5.41, 5.74) is 5.67. The molecule has 0 fully saturated rings. The molecule has 5 aromatic rings. The van der Waals surface area contributed by atoms with Crippen LogP contribution in [-0.4, -0.2) is 49.4 Å². The predicted molar refractivity (Wildman–Crippen MR) is 226 cm³/mol. The van der Waals surface area contributed by atoms with Gasteiger partial charge in [0.25, 0.3) is 0 Å². The van der Waals surface area contributed by atoms with Crippen LogP contribution in [0.4, 0.5) is 0 Å². The summed E-state index contributed by atoms with van der Waals surface area (Å²) in [5.74, 6) is 0. The van der Waals surface area contributed by atoms with Crippen molar-refractivity contribution in [2.24, 2.45) is 0 Å². The van der Waals surface area contributed by atoms with Gasteiger partial charge in [-0.15, -0.1) is 5.56 Å². The topological polar surface area (TPSA) is 104 Å². The third kappa shape index (κ3) is 24.1. The molecule has 0 unspecified atom stereocenters. The average Bonchev–Trinajstić information content (AvgIpc) is 3.20. The second-order valence-corrected chi connectivity index (χ2v) is 11.7. The van der Waals surface area contributed by atoms with Gasteiger partial charge in [-0.05, 0) is 45.9 Å². The third-order valence-corrected chi connectivity index (χ3v) is 6.40. The fraction of sp³-hybridized carbons (Fsp3) is 0.238. The van der Waals surface area contributed by atoms with Crippen molar-refractivity contribution in [2.45, 2.75) is 40.7 Å². The summed E-state index contributed by atoms with van der Waals surface area (Å²) in [4.78, 5) is 0. The molecule has 6 nitrogen and oxygen atoms in total. The van der Waals surface area contributed by atoms with Crippen molar-refractivity contribution >= 4 is 38.1 Å². The Balaban J connectivity index is -0.000000133. The number of aliphatic hydroxyl groups is 1. The summed E-state index contributed by atoms with van der Waals surface area (Å²) < 4.78 is 36.8. The molecular weight excluding hydrogens is 1010 g/mol. The fourth-order valence-electron chi connectivity index (χ4n) is 4.44. The van der Waals surface area contributed by atoms with E-state index in [4.69, 9.17) is 17.5 Å². The number of hydrogen-bond acceptors (Lipinski definition) is 5. The molecule has 0 heterocycles. The summed E-state index contributed by atoms with van der Waals surface area (Å²) in [7, 11) is -1.42. The summed E-state index contributed by atoms with van der Waals surface area (Å²) in [6.07, 6.45) is 4.08. The molecule has 0 saturated carbocycles. The van der Waals surface area contributed by atoms with E-state index in [9.17, 15) is 5.11 Å². The normalized spacial score (nSPS) is 9.78. The Morgan fingerprint density at radius 2 is 0.889 bits per heavy atom. The van der Waals surface area contributed by atoms with Crippen molar-refractivity contribution in [1.29, 1.82) is 0 Å². The largest absolute Gasteiger partial charge is 0.394 e. The van der Waals surface area contributed by atoms with E-state index in [1.807, 2.05) is 125 Å². The number of benzene rings is 5. The zero-order valence-electron chi connectivity index (χ0n) is 32.5. The van der Waals surface area contributed by atoms with Gasteiger partial charge >= 0.3 is 10.4 Å². The molecule has 12 heteroatoms. The van der Waals surface area contributed by atoms with E-state index in [-0.39, 0.29) is 120 Å². The molecule has 0 bridgehead atoms. The quantitative estimate of drug-likeness (QED) is 0.113. The molecule has 3 radical (unpaired) electrons. The zero-order valence-corrected chi connectivity index (χ0v) is 44.3. The summed E-state index contributed by atoms with van der Waals surface area (Å²) in [6, 6.07) is 46.2. The van der Waals surface area contributed by atoms with E-state index in [0.717, 1.165) is 43.4 Å². The van der Waals surface area contributed by atoms with Crippen LogP contribution in [0, 0.1) is 27.0 Å². The molecule has 0 aliphatic heterocycles. The standard InChI is InChI=1S/C25H17O.C6H4Br.C2H6O.C2H6S.2C2H6.CH4.2CH3.H2O4S.3Y/c26-25(18-10-2-1-3-11-18)23-16-8-6-14-21(23)19-12-4-5-13-20(19)22-15-7-9-17-24(22)25;7-6-4-2-1-3-5-6;2*1-3-2;2*1-2;;;;1-5(2,3)4;;;/h1-10,12-17,26H;1-4H;2*1-2H3;2*1-2H3;1H4;2*1H3;(H2,1,2,3,4);;;/q2*-1;;;;;;2*-1;;;;. The van der Waals surface area contributed by atoms with Crippen LogP contribution in [0.15, 0.2) is 126 Å².